The number of benzene rings is 4. The predicted octanol–water partition coefficient (Wildman–Crippen LogP) is 6.52. The van der Waals surface area contributed by atoms with Crippen molar-refractivity contribution in [2.75, 3.05) is 93.1 Å². The van der Waals surface area contributed by atoms with Crippen LogP contribution in [0.3, 0.4) is 0 Å². The van der Waals surface area contributed by atoms with Crippen LogP contribution in [0.25, 0.3) is 0 Å². The van der Waals surface area contributed by atoms with Gasteiger partial charge in [-0.2, -0.15) is 0 Å². The van der Waals surface area contributed by atoms with E-state index in [9.17, 15) is 9.59 Å². The van der Waals surface area contributed by atoms with Crippen molar-refractivity contribution in [2.45, 2.75) is 52.9 Å². The van der Waals surface area contributed by atoms with Gasteiger partial charge in [0.1, 0.15) is 23.0 Å². The van der Waals surface area contributed by atoms with Crippen LogP contribution in [0.15, 0.2) is 72.8 Å². The Balaban J connectivity index is 0.000000182. The lowest BCUT2D eigenvalue weighted by molar-refractivity contribution is 0.0357. The summed E-state index contributed by atoms with van der Waals surface area (Å²) in [7, 11) is 3.33. The molecule has 0 bridgehead atoms. The fourth-order valence-corrected chi connectivity index (χ4v) is 8.22. The molecule has 12 heteroatoms. The zero-order chi connectivity index (χ0) is 41.8. The topological polar surface area (TPSA) is 102 Å². The Morgan fingerprint density at radius 3 is 1.73 bits per heavy atom. The van der Waals surface area contributed by atoms with Gasteiger partial charge in [-0.15, -0.1) is 0 Å². The third kappa shape index (κ3) is 10.8. The van der Waals surface area contributed by atoms with Gasteiger partial charge in [0.2, 0.25) is 0 Å². The Morgan fingerprint density at radius 1 is 0.600 bits per heavy atom. The second-order valence-corrected chi connectivity index (χ2v) is 15.8. The predicted molar refractivity (Wildman–Crippen MR) is 230 cm³/mol. The molecule has 4 aliphatic rings. The molecule has 0 aliphatic carbocycles. The molecular weight excluding hydrogens is 761 g/mol. The summed E-state index contributed by atoms with van der Waals surface area (Å²) in [6.07, 6.45) is 1.90. The molecule has 4 aromatic carbocycles. The van der Waals surface area contributed by atoms with Gasteiger partial charge in [-0.25, -0.2) is 0 Å². The average Bonchev–Trinajstić information content (AvgIpc) is 3.80. The zero-order valence-electron chi connectivity index (χ0n) is 35.7. The van der Waals surface area contributed by atoms with Crippen molar-refractivity contribution in [1.29, 1.82) is 0 Å². The van der Waals surface area contributed by atoms with Crippen LogP contribution in [0, 0.1) is 13.8 Å². The van der Waals surface area contributed by atoms with Gasteiger partial charge in [0.05, 0.1) is 71.5 Å². The van der Waals surface area contributed by atoms with Crippen LogP contribution in [-0.4, -0.2) is 125 Å². The van der Waals surface area contributed by atoms with Crippen LogP contribution in [-0.2, 0) is 35.7 Å². The maximum atomic E-state index is 13.1. The first-order chi connectivity index (χ1) is 29.3. The van der Waals surface area contributed by atoms with Gasteiger partial charge in [0.15, 0.2) is 0 Å². The normalized spacial score (nSPS) is 16.9. The summed E-state index contributed by atoms with van der Waals surface area (Å²) in [5, 5.41) is 0. The van der Waals surface area contributed by atoms with E-state index >= 15 is 0 Å². The van der Waals surface area contributed by atoms with Gasteiger partial charge in [-0.05, 0) is 97.0 Å². The van der Waals surface area contributed by atoms with E-state index in [0.717, 1.165) is 133 Å². The molecule has 2 saturated heterocycles. The second kappa shape index (κ2) is 21.0. The fraction of sp³-hybridized carbons (Fsp3) is 0.458. The average molecular weight is 821 g/mol. The van der Waals surface area contributed by atoms with E-state index in [1.165, 1.54) is 27.2 Å². The molecular formula is C48H60N4O8. The zero-order valence-corrected chi connectivity index (χ0v) is 35.7. The standard InChI is InChI=1S/C24H28N2O5.C24H32N2O3/c1-17-15-19(29-2)8-7-18(17)16-26-23(27)20-5-3-6-21(22(20)24(26)28)31-12-4-9-25-10-13-30-14-11-25;1-19-15-22(27-2)8-7-20(19)16-26-17-21-5-3-6-24(23(21)18-26)29-12-4-9-25-10-13-28-14-11-25/h3,5-8,15H,4,9-14,16H2,1-2H3;3,5-8,15H,4,9-14,16-18H2,1-2H3. The number of methoxy groups -OCH3 is 2. The van der Waals surface area contributed by atoms with Crippen molar-refractivity contribution in [1.82, 2.24) is 19.6 Å². The lowest BCUT2D eigenvalue weighted by Gasteiger charge is -2.26. The van der Waals surface area contributed by atoms with Gasteiger partial charge in [0.25, 0.3) is 11.8 Å². The Morgan fingerprint density at radius 2 is 1.15 bits per heavy atom. The molecule has 0 radical (unpaired) electrons. The van der Waals surface area contributed by atoms with Crippen LogP contribution >= 0.6 is 0 Å². The molecule has 0 aromatic heterocycles. The third-order valence-electron chi connectivity index (χ3n) is 11.7. The molecule has 0 atom stereocenters. The number of aryl methyl sites for hydroxylation is 2. The van der Waals surface area contributed by atoms with Crippen LogP contribution in [0.5, 0.6) is 23.0 Å². The highest BCUT2D eigenvalue weighted by molar-refractivity contribution is 6.22. The summed E-state index contributed by atoms with van der Waals surface area (Å²) in [6, 6.07) is 23.7. The molecule has 4 heterocycles. The first-order valence-electron chi connectivity index (χ1n) is 21.3. The van der Waals surface area contributed by atoms with E-state index in [4.69, 9.17) is 28.4 Å². The molecule has 8 rings (SSSR count). The van der Waals surface area contributed by atoms with Gasteiger partial charge in [-0.1, -0.05) is 30.3 Å². The molecule has 2 fully saturated rings. The Hall–Kier alpha value is -4.98. The van der Waals surface area contributed by atoms with Crippen molar-refractivity contribution in [3.05, 3.63) is 117 Å². The van der Waals surface area contributed by atoms with Crippen molar-refractivity contribution >= 4 is 11.8 Å². The molecule has 4 aliphatic heterocycles. The first kappa shape index (κ1) is 43.1. The molecule has 0 spiro atoms. The summed E-state index contributed by atoms with van der Waals surface area (Å²) in [4.78, 5) is 34.6. The highest BCUT2D eigenvalue weighted by atomic mass is 16.5. The number of amides is 2. The highest BCUT2D eigenvalue weighted by Crippen LogP contribution is 2.34. The molecule has 0 unspecified atom stereocenters. The van der Waals surface area contributed by atoms with Crippen molar-refractivity contribution in [3.63, 3.8) is 0 Å². The number of carbonyl (C=O) groups is 2. The Bertz CT molecular complexity index is 2080. The van der Waals surface area contributed by atoms with Gasteiger partial charge in [0, 0.05) is 64.5 Å². The monoisotopic (exact) mass is 820 g/mol. The molecule has 2 amide bonds. The second-order valence-electron chi connectivity index (χ2n) is 15.8. The van der Waals surface area contributed by atoms with E-state index < -0.39 is 0 Å². The molecule has 0 N–H and O–H groups in total. The minimum Gasteiger partial charge on any atom is -0.497 e. The largest absolute Gasteiger partial charge is 0.497 e. The highest BCUT2D eigenvalue weighted by Gasteiger charge is 2.38. The fourth-order valence-electron chi connectivity index (χ4n) is 8.22. The molecule has 12 nitrogen and oxygen atoms in total. The number of imide groups is 1. The number of ether oxygens (including phenoxy) is 6. The first-order valence-corrected chi connectivity index (χ1v) is 21.3. The quantitative estimate of drug-likeness (QED) is 0.0913. The van der Waals surface area contributed by atoms with Gasteiger partial charge in [-0.3, -0.25) is 29.2 Å². The van der Waals surface area contributed by atoms with Crippen molar-refractivity contribution < 1.29 is 38.0 Å². The maximum Gasteiger partial charge on any atom is 0.265 e. The molecule has 60 heavy (non-hydrogen) atoms. The lowest BCUT2D eigenvalue weighted by Crippen LogP contribution is -2.37. The smallest absolute Gasteiger partial charge is 0.265 e. The number of nitrogens with zero attached hydrogens (tertiary/aromatic N) is 4. The molecule has 0 saturated carbocycles. The van der Waals surface area contributed by atoms with E-state index in [0.29, 0.717) is 23.5 Å². The van der Waals surface area contributed by atoms with Gasteiger partial charge >= 0.3 is 0 Å². The Labute approximate surface area is 354 Å². The maximum absolute atomic E-state index is 13.1. The molecule has 4 aromatic rings. The SMILES string of the molecule is COc1ccc(CN2C(=O)c3cccc(OCCCN4CCOCC4)c3C2=O)c(C)c1.COc1ccc(CN2Cc3cccc(OCCCN4CCOCC4)c3C2)c(C)c1. The number of hydrogen-bond donors (Lipinski definition) is 0. The van der Waals surface area contributed by atoms with E-state index in [1.54, 1.807) is 32.4 Å². The number of rotatable bonds is 16. The summed E-state index contributed by atoms with van der Waals surface area (Å²) in [5.74, 6) is 2.61. The summed E-state index contributed by atoms with van der Waals surface area (Å²) < 4.78 is 33.5. The van der Waals surface area contributed by atoms with E-state index in [1.807, 2.05) is 25.1 Å². The lowest BCUT2D eigenvalue weighted by atomic mass is 10.1. The summed E-state index contributed by atoms with van der Waals surface area (Å²) >= 11 is 0. The minimum absolute atomic E-state index is 0.221. The van der Waals surface area contributed by atoms with Crippen LogP contribution in [0.4, 0.5) is 0 Å². The van der Waals surface area contributed by atoms with Crippen molar-refractivity contribution in [3.8, 4) is 23.0 Å². The Kier molecular flexibility index (Phi) is 15.1. The number of morpholine rings is 2. The molecule has 320 valence electrons. The number of fused-ring (bicyclic) bond motifs is 2. The third-order valence-corrected chi connectivity index (χ3v) is 11.7. The number of carbonyl (C=O) groups excluding carboxylic acids is 2. The van der Waals surface area contributed by atoms with Crippen LogP contribution in [0.2, 0.25) is 0 Å². The van der Waals surface area contributed by atoms with Gasteiger partial charge < -0.3 is 28.4 Å². The van der Waals surface area contributed by atoms with Crippen LogP contribution < -0.4 is 18.9 Å². The van der Waals surface area contributed by atoms with Crippen molar-refractivity contribution in [2.24, 2.45) is 0 Å². The van der Waals surface area contributed by atoms with Crippen LogP contribution in [0.1, 0.15) is 66.9 Å². The van der Waals surface area contributed by atoms with E-state index in [-0.39, 0.29) is 18.4 Å². The minimum atomic E-state index is -0.306. The van der Waals surface area contributed by atoms with E-state index in [2.05, 4.69) is 58.0 Å². The summed E-state index contributed by atoms with van der Waals surface area (Å²) in [6.45, 7) is 17.7. The number of hydrogen-bond acceptors (Lipinski definition) is 11. The summed E-state index contributed by atoms with van der Waals surface area (Å²) in [5.41, 5.74) is 8.02.